The molecule has 11 heteroatoms. The third-order valence-corrected chi connectivity index (χ3v) is 7.44. The molecule has 0 fully saturated rings. The SMILES string of the molecule is CCCCSCC(NC(=O)c1cccnc1)C(=O)NC(Cc1ccccc1)C(O)C(O)C(CCOC)NC(C)=O. The van der Waals surface area contributed by atoms with Gasteiger partial charge in [-0.3, -0.25) is 19.4 Å². The van der Waals surface area contributed by atoms with Gasteiger partial charge in [-0.15, -0.1) is 0 Å². The first-order valence-corrected chi connectivity index (χ1v) is 14.7. The van der Waals surface area contributed by atoms with E-state index < -0.39 is 42.1 Å². The number of aliphatic hydroxyl groups is 2. The molecule has 0 saturated heterocycles. The molecule has 0 saturated carbocycles. The van der Waals surface area contributed by atoms with Crippen LogP contribution in [-0.4, -0.2) is 88.5 Å². The van der Waals surface area contributed by atoms with Gasteiger partial charge >= 0.3 is 0 Å². The fraction of sp³-hybridized carbons (Fsp3) is 0.517. The molecule has 0 aliphatic heterocycles. The summed E-state index contributed by atoms with van der Waals surface area (Å²) in [5.41, 5.74) is 1.16. The predicted molar refractivity (Wildman–Crippen MR) is 156 cm³/mol. The molecular weight excluding hydrogens is 532 g/mol. The minimum Gasteiger partial charge on any atom is -0.388 e. The van der Waals surface area contributed by atoms with Crippen LogP contribution in [0.15, 0.2) is 54.9 Å². The Labute approximate surface area is 240 Å². The lowest BCUT2D eigenvalue weighted by molar-refractivity contribution is -0.126. The molecule has 0 bridgehead atoms. The Morgan fingerprint density at radius 1 is 1.00 bits per heavy atom. The summed E-state index contributed by atoms with van der Waals surface area (Å²) in [7, 11) is 1.50. The summed E-state index contributed by atoms with van der Waals surface area (Å²) in [6, 6.07) is 9.91. The molecule has 2 aromatic rings. The van der Waals surface area contributed by atoms with Crippen LogP contribution in [0.2, 0.25) is 0 Å². The molecule has 5 unspecified atom stereocenters. The van der Waals surface area contributed by atoms with Gasteiger partial charge in [0.2, 0.25) is 11.8 Å². The second kappa shape index (κ2) is 18.4. The van der Waals surface area contributed by atoms with E-state index in [1.165, 1.54) is 20.2 Å². The Hall–Kier alpha value is -2.99. The summed E-state index contributed by atoms with van der Waals surface area (Å²) in [5, 5.41) is 30.7. The fourth-order valence-corrected chi connectivity index (χ4v) is 5.22. The van der Waals surface area contributed by atoms with Crippen LogP contribution in [0.5, 0.6) is 0 Å². The van der Waals surface area contributed by atoms with E-state index >= 15 is 0 Å². The second-order valence-corrected chi connectivity index (χ2v) is 10.7. The predicted octanol–water partition coefficient (Wildman–Crippen LogP) is 1.70. The summed E-state index contributed by atoms with van der Waals surface area (Å²) >= 11 is 1.55. The maximum absolute atomic E-state index is 13.6. The van der Waals surface area contributed by atoms with Crippen molar-refractivity contribution in [3.05, 3.63) is 66.0 Å². The molecule has 0 radical (unpaired) electrons. The van der Waals surface area contributed by atoms with Crippen molar-refractivity contribution in [1.29, 1.82) is 0 Å². The zero-order chi connectivity index (χ0) is 29.3. The van der Waals surface area contributed by atoms with Crippen molar-refractivity contribution in [3.8, 4) is 0 Å². The lowest BCUT2D eigenvalue weighted by Crippen LogP contribution is -2.59. The summed E-state index contributed by atoms with van der Waals surface area (Å²) in [4.78, 5) is 42.2. The summed E-state index contributed by atoms with van der Waals surface area (Å²) < 4.78 is 5.10. The van der Waals surface area contributed by atoms with Gasteiger partial charge in [0.25, 0.3) is 5.91 Å². The van der Waals surface area contributed by atoms with E-state index in [9.17, 15) is 24.6 Å². The van der Waals surface area contributed by atoms with Crippen molar-refractivity contribution in [1.82, 2.24) is 20.9 Å². The molecule has 40 heavy (non-hydrogen) atoms. The molecular formula is C29H42N4O6S. The second-order valence-electron chi connectivity index (χ2n) is 9.57. The van der Waals surface area contributed by atoms with E-state index in [0.29, 0.717) is 11.3 Å². The number of unbranched alkanes of at least 4 members (excludes halogenated alkanes) is 1. The van der Waals surface area contributed by atoms with Gasteiger partial charge in [-0.2, -0.15) is 11.8 Å². The lowest BCUT2D eigenvalue weighted by Gasteiger charge is -2.33. The number of aliphatic hydroxyl groups excluding tert-OH is 2. The minimum atomic E-state index is -1.43. The average molecular weight is 575 g/mol. The highest BCUT2D eigenvalue weighted by atomic mass is 32.2. The normalized spacial score (nSPS) is 14.8. The molecule has 0 spiro atoms. The van der Waals surface area contributed by atoms with Crippen LogP contribution >= 0.6 is 11.8 Å². The van der Waals surface area contributed by atoms with Gasteiger partial charge in [0.1, 0.15) is 18.2 Å². The number of carbonyl (C=O) groups is 3. The number of benzene rings is 1. The maximum Gasteiger partial charge on any atom is 0.253 e. The van der Waals surface area contributed by atoms with Crippen molar-refractivity contribution in [2.75, 3.05) is 25.2 Å². The zero-order valence-electron chi connectivity index (χ0n) is 23.4. The van der Waals surface area contributed by atoms with Gasteiger partial charge in [0.05, 0.1) is 17.6 Å². The number of hydrogen-bond acceptors (Lipinski definition) is 8. The first kappa shape index (κ1) is 33.2. The molecule has 5 atom stereocenters. The molecule has 2 rings (SSSR count). The van der Waals surface area contributed by atoms with Crippen LogP contribution in [0.3, 0.4) is 0 Å². The number of aromatic nitrogens is 1. The number of nitrogens with zero attached hydrogens (tertiary/aromatic N) is 1. The van der Waals surface area contributed by atoms with Crippen molar-refractivity contribution in [2.24, 2.45) is 0 Å². The molecule has 220 valence electrons. The largest absolute Gasteiger partial charge is 0.388 e. The molecule has 5 N–H and O–H groups in total. The van der Waals surface area contributed by atoms with E-state index in [0.717, 1.165) is 24.2 Å². The molecule has 10 nitrogen and oxygen atoms in total. The van der Waals surface area contributed by atoms with Crippen LogP contribution in [0.4, 0.5) is 0 Å². The summed E-state index contributed by atoms with van der Waals surface area (Å²) in [6.07, 6.45) is 2.62. The van der Waals surface area contributed by atoms with Crippen LogP contribution in [-0.2, 0) is 20.7 Å². The monoisotopic (exact) mass is 574 g/mol. The number of hydrogen-bond donors (Lipinski definition) is 5. The molecule has 3 amide bonds. The first-order chi connectivity index (χ1) is 19.3. The molecule has 1 aromatic heterocycles. The smallest absolute Gasteiger partial charge is 0.253 e. The number of pyridine rings is 1. The molecule has 0 aliphatic rings. The minimum absolute atomic E-state index is 0.216. The quantitative estimate of drug-likeness (QED) is 0.169. The van der Waals surface area contributed by atoms with Gasteiger partial charge in [-0.05, 0) is 42.7 Å². The highest BCUT2D eigenvalue weighted by molar-refractivity contribution is 7.99. The Morgan fingerprint density at radius 3 is 2.35 bits per heavy atom. The first-order valence-electron chi connectivity index (χ1n) is 13.5. The van der Waals surface area contributed by atoms with Crippen LogP contribution in [0.25, 0.3) is 0 Å². The van der Waals surface area contributed by atoms with Gasteiger partial charge in [-0.25, -0.2) is 0 Å². The Kier molecular flexibility index (Phi) is 15.3. The number of methoxy groups -OCH3 is 1. The van der Waals surface area contributed by atoms with Crippen LogP contribution < -0.4 is 16.0 Å². The number of carbonyl (C=O) groups excluding carboxylic acids is 3. The van der Waals surface area contributed by atoms with Gasteiger partial charge in [0.15, 0.2) is 0 Å². The number of nitrogens with one attached hydrogen (secondary N) is 3. The number of thioether (sulfide) groups is 1. The van der Waals surface area contributed by atoms with E-state index in [4.69, 9.17) is 4.74 Å². The Bertz CT molecular complexity index is 1030. The van der Waals surface area contributed by atoms with Gasteiger partial charge in [0, 0.05) is 38.8 Å². The van der Waals surface area contributed by atoms with Crippen molar-refractivity contribution in [2.45, 2.75) is 69.9 Å². The van der Waals surface area contributed by atoms with Gasteiger partial charge in [-0.1, -0.05) is 43.7 Å². The van der Waals surface area contributed by atoms with Crippen LogP contribution in [0, 0.1) is 0 Å². The summed E-state index contributed by atoms with van der Waals surface area (Å²) in [5.74, 6) is -0.124. The Morgan fingerprint density at radius 2 is 1.73 bits per heavy atom. The highest BCUT2D eigenvalue weighted by Crippen LogP contribution is 2.15. The van der Waals surface area contributed by atoms with E-state index in [1.54, 1.807) is 30.1 Å². The topological polar surface area (TPSA) is 150 Å². The lowest BCUT2D eigenvalue weighted by atomic mass is 9.92. The highest BCUT2D eigenvalue weighted by Gasteiger charge is 2.35. The van der Waals surface area contributed by atoms with Gasteiger partial charge < -0.3 is 30.9 Å². The average Bonchev–Trinajstić information content (AvgIpc) is 2.96. The molecule has 1 heterocycles. The third kappa shape index (κ3) is 11.6. The van der Waals surface area contributed by atoms with Crippen molar-refractivity contribution in [3.63, 3.8) is 0 Å². The maximum atomic E-state index is 13.6. The molecule has 0 aliphatic carbocycles. The number of ether oxygens (including phenoxy) is 1. The summed E-state index contributed by atoms with van der Waals surface area (Å²) in [6.45, 7) is 3.66. The van der Waals surface area contributed by atoms with E-state index in [2.05, 4.69) is 27.9 Å². The van der Waals surface area contributed by atoms with Crippen molar-refractivity contribution < 1.29 is 29.3 Å². The van der Waals surface area contributed by atoms with Crippen molar-refractivity contribution >= 4 is 29.5 Å². The number of rotatable bonds is 18. The molecule has 1 aromatic carbocycles. The zero-order valence-corrected chi connectivity index (χ0v) is 24.2. The van der Waals surface area contributed by atoms with Crippen LogP contribution in [0.1, 0.15) is 49.0 Å². The Balaban J connectivity index is 2.27. The standard InChI is InChI=1S/C29H42N4O6S/c1-4-5-16-40-19-25(33-28(37)22-12-9-14-30-18-22)29(38)32-24(17-21-10-7-6-8-11-21)27(36)26(35)23(13-15-39-3)31-20(2)34/h6-12,14,18,23-27,35-36H,4-5,13,15-17,19H2,1-3H3,(H,31,34)(H,32,38)(H,33,37). The van der Waals surface area contributed by atoms with E-state index in [1.807, 2.05) is 30.3 Å². The number of amides is 3. The third-order valence-electron chi connectivity index (χ3n) is 6.29. The fourth-order valence-electron chi connectivity index (χ4n) is 4.09. The van der Waals surface area contributed by atoms with E-state index in [-0.39, 0.29) is 25.4 Å².